The van der Waals surface area contributed by atoms with Gasteiger partial charge in [-0.3, -0.25) is 14.4 Å². The third kappa shape index (κ3) is 2.73. The molecule has 1 saturated heterocycles. The lowest BCUT2D eigenvalue weighted by Gasteiger charge is -2.33. The molecule has 20 heavy (non-hydrogen) atoms. The van der Waals surface area contributed by atoms with Gasteiger partial charge in [-0.05, 0) is 13.8 Å². The fourth-order valence-electron chi connectivity index (χ4n) is 2.18. The van der Waals surface area contributed by atoms with Crippen molar-refractivity contribution >= 4 is 23.8 Å². The molecular formula is C12H17NO7. The zero-order valence-corrected chi connectivity index (χ0v) is 11.5. The van der Waals surface area contributed by atoms with Crippen molar-refractivity contribution in [3.63, 3.8) is 0 Å². The highest BCUT2D eigenvalue weighted by atomic mass is 16.6. The Morgan fingerprint density at radius 3 is 2.35 bits per heavy atom. The largest absolute Gasteiger partial charge is 0.478 e. The van der Waals surface area contributed by atoms with Crippen LogP contribution in [0.1, 0.15) is 27.2 Å². The molecule has 0 aromatic carbocycles. The first kappa shape index (κ1) is 15.9. The lowest BCUT2D eigenvalue weighted by atomic mass is 9.92. The number of hydrogen-bond acceptors (Lipinski definition) is 6. The maximum absolute atomic E-state index is 12.5. The summed E-state index contributed by atoms with van der Waals surface area (Å²) in [6.45, 7) is 5.00. The van der Waals surface area contributed by atoms with E-state index in [0.717, 1.165) is 6.92 Å². The number of likely N-dealkylation sites (N-methyl/N-ethyl adjacent to an activating group) is 1. The molecule has 1 heterocycles. The SMILES string of the molecule is CCN(CC)C(=O)C1(OC(C)=O)CC(=O)OC1C(=O)O. The normalized spacial score (nSPS) is 24.9. The van der Waals surface area contributed by atoms with Crippen molar-refractivity contribution in [2.45, 2.75) is 38.9 Å². The van der Waals surface area contributed by atoms with Crippen molar-refractivity contribution in [1.82, 2.24) is 4.90 Å². The molecule has 0 spiro atoms. The second-order valence-electron chi connectivity index (χ2n) is 4.35. The zero-order valence-electron chi connectivity index (χ0n) is 11.5. The minimum absolute atomic E-state index is 0.291. The zero-order chi connectivity index (χ0) is 15.5. The van der Waals surface area contributed by atoms with Gasteiger partial charge in [-0.25, -0.2) is 4.79 Å². The lowest BCUT2D eigenvalue weighted by Crippen LogP contribution is -2.58. The van der Waals surface area contributed by atoms with E-state index in [4.69, 9.17) is 9.84 Å². The molecule has 0 radical (unpaired) electrons. The van der Waals surface area contributed by atoms with Gasteiger partial charge in [0.15, 0.2) is 0 Å². The van der Waals surface area contributed by atoms with Crippen LogP contribution in [0.3, 0.4) is 0 Å². The van der Waals surface area contributed by atoms with E-state index in [0.29, 0.717) is 13.1 Å². The van der Waals surface area contributed by atoms with Crippen LogP contribution in [0.15, 0.2) is 0 Å². The van der Waals surface area contributed by atoms with E-state index in [9.17, 15) is 19.2 Å². The summed E-state index contributed by atoms with van der Waals surface area (Å²) >= 11 is 0. The molecule has 0 aliphatic carbocycles. The first-order valence-corrected chi connectivity index (χ1v) is 6.19. The maximum Gasteiger partial charge on any atom is 0.349 e. The molecule has 1 rings (SSSR count). The molecule has 8 heteroatoms. The smallest absolute Gasteiger partial charge is 0.349 e. The molecule has 2 atom stereocenters. The van der Waals surface area contributed by atoms with E-state index >= 15 is 0 Å². The summed E-state index contributed by atoms with van der Waals surface area (Å²) in [5, 5.41) is 9.12. The Bertz CT molecular complexity index is 443. The highest BCUT2D eigenvalue weighted by Crippen LogP contribution is 2.33. The Morgan fingerprint density at radius 2 is 1.95 bits per heavy atom. The molecule has 8 nitrogen and oxygen atoms in total. The van der Waals surface area contributed by atoms with Crippen molar-refractivity contribution in [2.75, 3.05) is 13.1 Å². The van der Waals surface area contributed by atoms with Gasteiger partial charge in [-0.15, -0.1) is 0 Å². The number of aliphatic carboxylic acids is 1. The minimum atomic E-state index is -2.12. The van der Waals surface area contributed by atoms with Crippen LogP contribution in [-0.4, -0.2) is 58.6 Å². The van der Waals surface area contributed by atoms with Gasteiger partial charge in [0.05, 0.1) is 6.42 Å². The molecule has 1 aliphatic heterocycles. The summed E-state index contributed by atoms with van der Waals surface area (Å²) in [5.74, 6) is -4.01. The highest BCUT2D eigenvalue weighted by Gasteiger charge is 2.62. The van der Waals surface area contributed by atoms with Crippen molar-refractivity contribution in [3.8, 4) is 0 Å². The monoisotopic (exact) mass is 287 g/mol. The van der Waals surface area contributed by atoms with Gasteiger partial charge in [0.25, 0.3) is 5.91 Å². The first-order chi connectivity index (χ1) is 9.28. The summed E-state index contributed by atoms with van der Waals surface area (Å²) in [5.41, 5.74) is -2.12. The first-order valence-electron chi connectivity index (χ1n) is 6.19. The van der Waals surface area contributed by atoms with Gasteiger partial charge in [0, 0.05) is 20.0 Å². The van der Waals surface area contributed by atoms with Gasteiger partial charge in [0.1, 0.15) is 0 Å². The number of cyclic esters (lactones) is 1. The molecule has 0 aromatic rings. The molecule has 1 aliphatic rings. The Morgan fingerprint density at radius 1 is 1.40 bits per heavy atom. The van der Waals surface area contributed by atoms with Crippen LogP contribution in [0.4, 0.5) is 0 Å². The quantitative estimate of drug-likeness (QED) is 0.682. The molecule has 1 N–H and O–H groups in total. The van der Waals surface area contributed by atoms with Crippen LogP contribution in [0, 0.1) is 0 Å². The van der Waals surface area contributed by atoms with E-state index in [1.54, 1.807) is 13.8 Å². The predicted molar refractivity (Wildman–Crippen MR) is 64.6 cm³/mol. The molecule has 0 aromatic heterocycles. The minimum Gasteiger partial charge on any atom is -0.478 e. The molecule has 2 unspecified atom stereocenters. The van der Waals surface area contributed by atoms with E-state index in [1.165, 1.54) is 4.90 Å². The number of carboxylic acids is 1. The van der Waals surface area contributed by atoms with E-state index < -0.39 is 41.9 Å². The van der Waals surface area contributed by atoms with Crippen LogP contribution in [0.5, 0.6) is 0 Å². The number of carbonyl (C=O) groups is 4. The topological polar surface area (TPSA) is 110 Å². The van der Waals surface area contributed by atoms with Crippen molar-refractivity contribution in [1.29, 1.82) is 0 Å². The van der Waals surface area contributed by atoms with Gasteiger partial charge < -0.3 is 19.5 Å². The number of ether oxygens (including phenoxy) is 2. The lowest BCUT2D eigenvalue weighted by molar-refractivity contribution is -0.186. The van der Waals surface area contributed by atoms with Crippen LogP contribution in [0.2, 0.25) is 0 Å². The summed E-state index contributed by atoms with van der Waals surface area (Å²) in [7, 11) is 0. The summed E-state index contributed by atoms with van der Waals surface area (Å²) in [6, 6.07) is 0. The summed E-state index contributed by atoms with van der Waals surface area (Å²) in [6.07, 6.45) is -2.43. The fraction of sp³-hybridized carbons (Fsp3) is 0.667. The molecule has 0 bridgehead atoms. The number of rotatable bonds is 5. The summed E-state index contributed by atoms with van der Waals surface area (Å²) < 4.78 is 9.57. The van der Waals surface area contributed by atoms with Gasteiger partial charge >= 0.3 is 17.9 Å². The highest BCUT2D eigenvalue weighted by molar-refractivity contribution is 6.00. The Hall–Kier alpha value is -2.12. The second kappa shape index (κ2) is 5.89. The van der Waals surface area contributed by atoms with Gasteiger partial charge in [-0.1, -0.05) is 0 Å². The maximum atomic E-state index is 12.5. The third-order valence-corrected chi connectivity index (χ3v) is 3.04. The van der Waals surface area contributed by atoms with Crippen LogP contribution < -0.4 is 0 Å². The second-order valence-corrected chi connectivity index (χ2v) is 4.35. The molecule has 1 amide bonds. The Kier molecular flexibility index (Phi) is 4.69. The third-order valence-electron chi connectivity index (χ3n) is 3.04. The molecule has 1 fully saturated rings. The van der Waals surface area contributed by atoms with E-state index in [1.807, 2.05) is 0 Å². The number of hydrogen-bond donors (Lipinski definition) is 1. The number of amides is 1. The van der Waals surface area contributed by atoms with Crippen LogP contribution in [-0.2, 0) is 28.7 Å². The van der Waals surface area contributed by atoms with Crippen molar-refractivity contribution in [3.05, 3.63) is 0 Å². The predicted octanol–water partition coefficient (Wildman–Crippen LogP) is -0.443. The van der Waals surface area contributed by atoms with Crippen molar-refractivity contribution < 1.29 is 33.8 Å². The number of carboxylic acid groups (broad SMARTS) is 1. The number of nitrogens with zero attached hydrogens (tertiary/aromatic N) is 1. The van der Waals surface area contributed by atoms with E-state index in [-0.39, 0.29) is 0 Å². The number of esters is 2. The standard InChI is InChI=1S/C12H17NO7/c1-4-13(5-2)11(18)12(20-7(3)14)6-8(15)19-9(12)10(16)17/h9H,4-6H2,1-3H3,(H,16,17). The Labute approximate surface area is 115 Å². The average Bonchev–Trinajstić information content (AvgIpc) is 2.68. The molecular weight excluding hydrogens is 270 g/mol. The average molecular weight is 287 g/mol. The van der Waals surface area contributed by atoms with Gasteiger partial charge in [0.2, 0.25) is 11.7 Å². The fourth-order valence-corrected chi connectivity index (χ4v) is 2.18. The molecule has 112 valence electrons. The van der Waals surface area contributed by atoms with Crippen LogP contribution in [0.25, 0.3) is 0 Å². The van der Waals surface area contributed by atoms with Gasteiger partial charge in [-0.2, -0.15) is 0 Å². The Balaban J connectivity index is 3.27. The molecule has 0 saturated carbocycles. The van der Waals surface area contributed by atoms with Crippen LogP contribution >= 0.6 is 0 Å². The van der Waals surface area contributed by atoms with E-state index in [2.05, 4.69) is 4.74 Å². The number of carbonyl (C=O) groups excluding carboxylic acids is 3. The summed E-state index contributed by atoms with van der Waals surface area (Å²) in [4.78, 5) is 47.6. The van der Waals surface area contributed by atoms with Crippen molar-refractivity contribution in [2.24, 2.45) is 0 Å².